The van der Waals surface area contributed by atoms with Crippen LogP contribution in [0, 0.1) is 5.41 Å². The van der Waals surface area contributed by atoms with E-state index in [1.165, 1.54) is 12.1 Å². The van der Waals surface area contributed by atoms with E-state index in [0.717, 1.165) is 32.1 Å². The molecule has 138 valence electrons. The molecule has 2 aliphatic heterocycles. The molecule has 1 amide bonds. The summed E-state index contributed by atoms with van der Waals surface area (Å²) in [4.78, 5) is 16.9. The molecule has 6 nitrogen and oxygen atoms in total. The third-order valence-electron chi connectivity index (χ3n) is 5.42. The van der Waals surface area contributed by atoms with Crippen LogP contribution in [-0.2, 0) is 9.84 Å². The summed E-state index contributed by atoms with van der Waals surface area (Å²) in [5.74, 6) is -0.120. The number of likely N-dealkylation sites (N-methyl/N-ethyl adjacent to an activating group) is 1. The number of nitrogens with zero attached hydrogens (tertiary/aromatic N) is 2. The second-order valence-electron chi connectivity index (χ2n) is 7.65. The first-order valence-corrected chi connectivity index (χ1v) is 10.5. The zero-order valence-electron chi connectivity index (χ0n) is 14.8. The number of sulfone groups is 1. The van der Waals surface area contributed by atoms with Gasteiger partial charge in [0.1, 0.15) is 0 Å². The number of benzene rings is 1. The summed E-state index contributed by atoms with van der Waals surface area (Å²) in [5, 5.41) is 10.1. The van der Waals surface area contributed by atoms with E-state index in [0.29, 0.717) is 25.2 Å². The molecule has 0 saturated carbocycles. The lowest BCUT2D eigenvalue weighted by molar-refractivity contribution is -0.0286. The Morgan fingerprint density at radius 1 is 1.28 bits per heavy atom. The van der Waals surface area contributed by atoms with Crippen molar-refractivity contribution in [3.63, 3.8) is 0 Å². The van der Waals surface area contributed by atoms with E-state index in [1.54, 1.807) is 17.0 Å². The van der Waals surface area contributed by atoms with Crippen LogP contribution < -0.4 is 0 Å². The summed E-state index contributed by atoms with van der Waals surface area (Å²) in [6, 6.07) is 6.25. The molecule has 0 bridgehead atoms. The topological polar surface area (TPSA) is 77.9 Å². The Morgan fingerprint density at radius 3 is 2.56 bits per heavy atom. The Hall–Kier alpha value is -1.44. The van der Waals surface area contributed by atoms with Gasteiger partial charge < -0.3 is 14.9 Å². The minimum Gasteiger partial charge on any atom is -0.392 e. The first-order chi connectivity index (χ1) is 11.7. The number of carbonyl (C=O) groups excluding carboxylic acids is 1. The predicted octanol–water partition coefficient (Wildman–Crippen LogP) is 1.01. The number of piperidine rings is 2. The highest BCUT2D eigenvalue weighted by atomic mass is 32.2. The van der Waals surface area contributed by atoms with Gasteiger partial charge in [0, 0.05) is 38.0 Å². The Balaban J connectivity index is 1.70. The van der Waals surface area contributed by atoms with Gasteiger partial charge in [-0.05, 0) is 49.9 Å². The van der Waals surface area contributed by atoms with Gasteiger partial charge in [0.25, 0.3) is 5.91 Å². The summed E-state index contributed by atoms with van der Waals surface area (Å²) in [5.41, 5.74) is 0.498. The van der Waals surface area contributed by atoms with Gasteiger partial charge >= 0.3 is 0 Å². The predicted molar refractivity (Wildman–Crippen MR) is 95.2 cm³/mol. The van der Waals surface area contributed by atoms with Crippen molar-refractivity contribution in [2.24, 2.45) is 5.41 Å². The molecule has 1 aromatic carbocycles. The molecule has 1 spiro atoms. The number of rotatable bonds is 2. The third-order valence-corrected chi connectivity index (χ3v) is 6.53. The van der Waals surface area contributed by atoms with Crippen molar-refractivity contribution in [1.82, 2.24) is 9.80 Å². The summed E-state index contributed by atoms with van der Waals surface area (Å²) < 4.78 is 23.4. The molecular formula is C18H26N2O4S. The van der Waals surface area contributed by atoms with Crippen LogP contribution in [0.3, 0.4) is 0 Å². The first-order valence-electron chi connectivity index (χ1n) is 8.65. The molecule has 25 heavy (non-hydrogen) atoms. The highest BCUT2D eigenvalue weighted by Crippen LogP contribution is 2.39. The number of carbonyl (C=O) groups is 1. The van der Waals surface area contributed by atoms with Gasteiger partial charge in [0.05, 0.1) is 11.0 Å². The van der Waals surface area contributed by atoms with Crippen LogP contribution >= 0.6 is 0 Å². The van der Waals surface area contributed by atoms with Crippen molar-refractivity contribution in [1.29, 1.82) is 0 Å². The normalized spacial score (nSPS) is 24.4. The highest BCUT2D eigenvalue weighted by Gasteiger charge is 2.41. The van der Waals surface area contributed by atoms with Crippen molar-refractivity contribution < 1.29 is 18.3 Å². The fourth-order valence-corrected chi connectivity index (χ4v) is 4.88. The standard InChI is InChI=1S/C18H26N2O4S/c1-19-12-15(21)11-18(13-19)6-8-20(9-7-18)17(22)14-4-3-5-16(10-14)25(2,23)24/h3-5,10,15,21H,6-9,11-13H2,1-2H3. The zero-order chi connectivity index (χ0) is 18.2. The van der Waals surface area contributed by atoms with Gasteiger partial charge in [0.15, 0.2) is 9.84 Å². The first kappa shape index (κ1) is 18.4. The highest BCUT2D eigenvalue weighted by molar-refractivity contribution is 7.90. The number of amides is 1. The monoisotopic (exact) mass is 366 g/mol. The Labute approximate surface area is 149 Å². The number of aliphatic hydroxyl groups is 1. The van der Waals surface area contributed by atoms with Gasteiger partial charge in [-0.1, -0.05) is 6.07 Å². The number of hydrogen-bond acceptors (Lipinski definition) is 5. The fourth-order valence-electron chi connectivity index (χ4n) is 4.21. The van der Waals surface area contributed by atoms with E-state index in [9.17, 15) is 18.3 Å². The summed E-state index contributed by atoms with van der Waals surface area (Å²) in [7, 11) is -1.30. The van der Waals surface area contributed by atoms with Gasteiger partial charge in [0.2, 0.25) is 0 Å². The van der Waals surface area contributed by atoms with Crippen molar-refractivity contribution in [2.75, 3.05) is 39.5 Å². The van der Waals surface area contributed by atoms with Crippen LogP contribution in [-0.4, -0.2) is 74.8 Å². The van der Waals surface area contributed by atoms with Crippen molar-refractivity contribution in [3.8, 4) is 0 Å². The Bertz CT molecular complexity index is 742. The lowest BCUT2D eigenvalue weighted by Gasteiger charge is -2.48. The minimum atomic E-state index is -3.33. The maximum atomic E-state index is 12.8. The molecule has 1 N–H and O–H groups in total. The van der Waals surface area contributed by atoms with Crippen molar-refractivity contribution >= 4 is 15.7 Å². The largest absolute Gasteiger partial charge is 0.392 e. The molecule has 7 heteroatoms. The zero-order valence-corrected chi connectivity index (χ0v) is 15.6. The average Bonchev–Trinajstić information content (AvgIpc) is 2.53. The van der Waals surface area contributed by atoms with E-state index in [2.05, 4.69) is 4.90 Å². The van der Waals surface area contributed by atoms with Crippen LogP contribution in [0.5, 0.6) is 0 Å². The summed E-state index contributed by atoms with van der Waals surface area (Å²) >= 11 is 0. The molecule has 3 rings (SSSR count). The maximum absolute atomic E-state index is 12.8. The molecule has 1 aromatic rings. The Kier molecular flexibility index (Phi) is 4.92. The van der Waals surface area contributed by atoms with Crippen molar-refractivity contribution in [3.05, 3.63) is 29.8 Å². The number of hydrogen-bond donors (Lipinski definition) is 1. The number of β-amino-alcohol motifs (C(OH)–C–C–N with tert-alkyl or cyclic N) is 1. The van der Waals surface area contributed by atoms with Crippen LogP contribution in [0.2, 0.25) is 0 Å². The molecule has 0 aromatic heterocycles. The smallest absolute Gasteiger partial charge is 0.253 e. The molecule has 2 heterocycles. The summed E-state index contributed by atoms with van der Waals surface area (Å²) in [6.07, 6.45) is 3.37. The van der Waals surface area contributed by atoms with Gasteiger partial charge in [-0.15, -0.1) is 0 Å². The molecule has 1 atom stereocenters. The second kappa shape index (κ2) is 6.70. The molecule has 1 unspecified atom stereocenters. The lowest BCUT2D eigenvalue weighted by atomic mass is 9.71. The van der Waals surface area contributed by atoms with Gasteiger partial charge in [-0.3, -0.25) is 4.79 Å². The molecule has 2 aliphatic rings. The van der Waals surface area contributed by atoms with Crippen LogP contribution in [0.4, 0.5) is 0 Å². The second-order valence-corrected chi connectivity index (χ2v) is 9.66. The maximum Gasteiger partial charge on any atom is 0.253 e. The lowest BCUT2D eigenvalue weighted by Crippen LogP contribution is -2.53. The number of likely N-dealkylation sites (tertiary alicyclic amines) is 2. The quantitative estimate of drug-likeness (QED) is 0.845. The molecule has 0 radical (unpaired) electrons. The molecule has 2 fully saturated rings. The van der Waals surface area contributed by atoms with E-state index in [1.807, 2.05) is 7.05 Å². The summed E-state index contributed by atoms with van der Waals surface area (Å²) in [6.45, 7) is 2.95. The average molecular weight is 366 g/mol. The molecular weight excluding hydrogens is 340 g/mol. The fraction of sp³-hybridized carbons (Fsp3) is 0.611. The third kappa shape index (κ3) is 4.04. The Morgan fingerprint density at radius 2 is 1.96 bits per heavy atom. The van der Waals surface area contributed by atoms with Crippen LogP contribution in [0.15, 0.2) is 29.2 Å². The number of aliphatic hydroxyl groups excluding tert-OH is 1. The van der Waals surface area contributed by atoms with E-state index < -0.39 is 9.84 Å². The van der Waals surface area contributed by atoms with Crippen LogP contribution in [0.25, 0.3) is 0 Å². The SMILES string of the molecule is CN1CC(O)CC2(CCN(C(=O)c3cccc(S(C)(=O)=O)c3)CC2)C1. The van der Waals surface area contributed by atoms with Gasteiger partial charge in [-0.2, -0.15) is 0 Å². The molecule has 0 aliphatic carbocycles. The van der Waals surface area contributed by atoms with E-state index in [-0.39, 0.29) is 22.3 Å². The van der Waals surface area contributed by atoms with Gasteiger partial charge in [-0.25, -0.2) is 8.42 Å². The van der Waals surface area contributed by atoms with E-state index in [4.69, 9.17) is 0 Å². The van der Waals surface area contributed by atoms with E-state index >= 15 is 0 Å². The van der Waals surface area contributed by atoms with Crippen LogP contribution in [0.1, 0.15) is 29.6 Å². The minimum absolute atomic E-state index is 0.0812. The van der Waals surface area contributed by atoms with Crippen molar-refractivity contribution in [2.45, 2.75) is 30.3 Å². The molecule has 2 saturated heterocycles.